The third-order valence-corrected chi connectivity index (χ3v) is 2.99. The monoisotopic (exact) mass is 278 g/mol. The summed E-state index contributed by atoms with van der Waals surface area (Å²) in [6.45, 7) is 3.75. The molecule has 0 spiro atoms. The van der Waals surface area contributed by atoms with Crippen molar-refractivity contribution in [3.05, 3.63) is 45.7 Å². The largest absolute Gasteiger partial charge is 0.476 e. The van der Waals surface area contributed by atoms with Crippen LogP contribution in [0, 0.1) is 13.8 Å². The molecule has 0 atom stereocenters. The van der Waals surface area contributed by atoms with Crippen LogP contribution in [-0.2, 0) is 0 Å². The molecule has 0 fully saturated rings. The van der Waals surface area contributed by atoms with Gasteiger partial charge in [-0.15, -0.1) is 0 Å². The highest BCUT2D eigenvalue weighted by molar-refractivity contribution is 6.32. The summed E-state index contributed by atoms with van der Waals surface area (Å²) in [5.41, 5.74) is 2.15. The molecule has 0 saturated carbocycles. The van der Waals surface area contributed by atoms with Gasteiger partial charge in [-0.2, -0.15) is 5.10 Å². The molecule has 0 amide bonds. The molecule has 0 unspecified atom stereocenters. The molecule has 98 valence electrons. The number of benzene rings is 1. The molecular weight excluding hydrogens is 268 g/mol. The molecule has 1 aromatic carbocycles. The van der Waals surface area contributed by atoms with E-state index >= 15 is 0 Å². The van der Waals surface area contributed by atoms with Crippen LogP contribution in [0.4, 0.5) is 0 Å². The van der Waals surface area contributed by atoms with Crippen LogP contribution in [-0.4, -0.2) is 27.1 Å². The van der Waals surface area contributed by atoms with Gasteiger partial charge in [0.15, 0.2) is 12.0 Å². The maximum atomic E-state index is 11.0. The van der Waals surface area contributed by atoms with Crippen LogP contribution in [0.15, 0.2) is 18.3 Å². The molecule has 0 saturated heterocycles. The van der Waals surface area contributed by atoms with Crippen molar-refractivity contribution in [3.63, 3.8) is 0 Å². The predicted molar refractivity (Wildman–Crippen MR) is 70.4 cm³/mol. The van der Waals surface area contributed by atoms with Gasteiger partial charge in [0, 0.05) is 6.20 Å². The third-order valence-electron chi connectivity index (χ3n) is 2.70. The number of aldehydes is 1. The van der Waals surface area contributed by atoms with Gasteiger partial charge >= 0.3 is 5.97 Å². The minimum atomic E-state index is -1.25. The number of halogens is 1. The molecule has 19 heavy (non-hydrogen) atoms. The van der Waals surface area contributed by atoms with Crippen LogP contribution in [0.1, 0.15) is 32.0 Å². The Hall–Kier alpha value is -2.14. The standard InChI is InChI=1S/C13H11ClN2O3/c1-7-3-8(2)12(10(14)4-7)16-5-9(6-17)11(15-16)13(18)19/h3-6H,1-2H3,(H,18,19). The average Bonchev–Trinajstić information content (AvgIpc) is 2.71. The molecule has 0 aliphatic heterocycles. The first-order valence-electron chi connectivity index (χ1n) is 5.49. The van der Waals surface area contributed by atoms with Crippen LogP contribution in [0.2, 0.25) is 5.02 Å². The van der Waals surface area contributed by atoms with Gasteiger partial charge in [-0.3, -0.25) is 4.79 Å². The number of carbonyl (C=O) groups excluding carboxylic acids is 1. The minimum Gasteiger partial charge on any atom is -0.476 e. The second-order valence-corrected chi connectivity index (χ2v) is 4.62. The van der Waals surface area contributed by atoms with E-state index in [-0.39, 0.29) is 11.3 Å². The normalized spacial score (nSPS) is 10.5. The van der Waals surface area contributed by atoms with Crippen LogP contribution in [0.5, 0.6) is 0 Å². The van der Waals surface area contributed by atoms with Gasteiger partial charge < -0.3 is 5.11 Å². The smallest absolute Gasteiger partial charge is 0.357 e. The molecule has 0 aliphatic rings. The van der Waals surface area contributed by atoms with Gasteiger partial charge in [0.2, 0.25) is 0 Å². The van der Waals surface area contributed by atoms with Crippen molar-refractivity contribution in [1.82, 2.24) is 9.78 Å². The topological polar surface area (TPSA) is 72.2 Å². The van der Waals surface area contributed by atoms with Gasteiger partial charge in [-0.05, 0) is 31.0 Å². The number of rotatable bonds is 3. The van der Waals surface area contributed by atoms with Gasteiger partial charge in [0.05, 0.1) is 16.3 Å². The Kier molecular flexibility index (Phi) is 3.40. The maximum absolute atomic E-state index is 11.0. The minimum absolute atomic E-state index is 0.0172. The van der Waals surface area contributed by atoms with Crippen LogP contribution >= 0.6 is 11.6 Å². The maximum Gasteiger partial charge on any atom is 0.357 e. The Morgan fingerprint density at radius 3 is 2.58 bits per heavy atom. The highest BCUT2D eigenvalue weighted by atomic mass is 35.5. The quantitative estimate of drug-likeness (QED) is 0.876. The summed E-state index contributed by atoms with van der Waals surface area (Å²) < 4.78 is 1.32. The van der Waals surface area contributed by atoms with E-state index in [9.17, 15) is 9.59 Å². The molecule has 0 radical (unpaired) electrons. The van der Waals surface area contributed by atoms with Gasteiger partial charge in [0.25, 0.3) is 0 Å². The summed E-state index contributed by atoms with van der Waals surface area (Å²) in [6, 6.07) is 3.66. The van der Waals surface area contributed by atoms with Crippen molar-refractivity contribution in [2.75, 3.05) is 0 Å². The number of carboxylic acids is 1. The molecular formula is C13H11ClN2O3. The molecule has 1 heterocycles. The average molecular weight is 279 g/mol. The summed E-state index contributed by atoms with van der Waals surface area (Å²) in [6.07, 6.45) is 1.82. The number of aromatic carboxylic acids is 1. The van der Waals surface area contributed by atoms with Crippen molar-refractivity contribution in [2.24, 2.45) is 0 Å². The lowest BCUT2D eigenvalue weighted by Gasteiger charge is -2.09. The van der Waals surface area contributed by atoms with E-state index in [4.69, 9.17) is 16.7 Å². The first kappa shape index (κ1) is 13.3. The number of hydrogen-bond donors (Lipinski definition) is 1. The molecule has 1 N–H and O–H groups in total. The molecule has 2 aromatic rings. The summed E-state index contributed by atoms with van der Waals surface area (Å²) in [5.74, 6) is -1.25. The molecule has 5 nitrogen and oxygen atoms in total. The number of aromatic nitrogens is 2. The number of hydrogen-bond acceptors (Lipinski definition) is 3. The van der Waals surface area contributed by atoms with Gasteiger partial charge in [-0.25, -0.2) is 9.48 Å². The Balaban J connectivity index is 2.66. The number of carbonyl (C=O) groups is 2. The molecule has 2 rings (SSSR count). The second kappa shape index (κ2) is 4.85. The van der Waals surface area contributed by atoms with Gasteiger partial charge in [-0.1, -0.05) is 17.7 Å². The van der Waals surface area contributed by atoms with Crippen molar-refractivity contribution in [1.29, 1.82) is 0 Å². The van der Waals surface area contributed by atoms with E-state index in [0.717, 1.165) is 11.1 Å². The summed E-state index contributed by atoms with van der Waals surface area (Å²) in [4.78, 5) is 21.8. The van der Waals surface area contributed by atoms with E-state index < -0.39 is 5.97 Å². The predicted octanol–water partition coefficient (Wildman–Crippen LogP) is 2.65. The zero-order chi connectivity index (χ0) is 14.2. The molecule has 0 aliphatic carbocycles. The van der Waals surface area contributed by atoms with E-state index in [1.807, 2.05) is 19.9 Å². The third kappa shape index (κ3) is 2.37. The van der Waals surface area contributed by atoms with E-state index in [1.165, 1.54) is 10.9 Å². The Bertz CT molecular complexity index is 654. The number of aryl methyl sites for hydroxylation is 2. The van der Waals surface area contributed by atoms with Crippen LogP contribution in [0.25, 0.3) is 5.69 Å². The van der Waals surface area contributed by atoms with Crippen LogP contribution in [0.3, 0.4) is 0 Å². The fourth-order valence-electron chi connectivity index (χ4n) is 1.95. The van der Waals surface area contributed by atoms with Gasteiger partial charge in [0.1, 0.15) is 0 Å². The lowest BCUT2D eigenvalue weighted by Crippen LogP contribution is -2.04. The number of nitrogens with zero attached hydrogens (tertiary/aromatic N) is 2. The fraction of sp³-hybridized carbons (Fsp3) is 0.154. The van der Waals surface area contributed by atoms with Crippen LogP contribution < -0.4 is 0 Å². The summed E-state index contributed by atoms with van der Waals surface area (Å²) in [7, 11) is 0. The zero-order valence-corrected chi connectivity index (χ0v) is 11.1. The number of carboxylic acid groups (broad SMARTS) is 1. The van der Waals surface area contributed by atoms with Crippen molar-refractivity contribution < 1.29 is 14.7 Å². The Morgan fingerprint density at radius 2 is 2.11 bits per heavy atom. The lowest BCUT2D eigenvalue weighted by atomic mass is 10.1. The van der Waals surface area contributed by atoms with Crippen molar-refractivity contribution >= 4 is 23.9 Å². The zero-order valence-electron chi connectivity index (χ0n) is 10.3. The van der Waals surface area contributed by atoms with Crippen molar-refractivity contribution in [2.45, 2.75) is 13.8 Å². The first-order chi connectivity index (χ1) is 8.93. The summed E-state index contributed by atoms with van der Waals surface area (Å²) >= 11 is 6.16. The highest BCUT2D eigenvalue weighted by Crippen LogP contribution is 2.26. The fourth-order valence-corrected chi connectivity index (χ4v) is 2.36. The second-order valence-electron chi connectivity index (χ2n) is 4.21. The first-order valence-corrected chi connectivity index (χ1v) is 5.87. The van der Waals surface area contributed by atoms with E-state index in [0.29, 0.717) is 17.0 Å². The summed E-state index contributed by atoms with van der Waals surface area (Å²) in [5, 5.41) is 13.3. The Morgan fingerprint density at radius 1 is 1.42 bits per heavy atom. The highest BCUT2D eigenvalue weighted by Gasteiger charge is 2.18. The Labute approximate surface area is 114 Å². The molecule has 0 bridgehead atoms. The molecule has 1 aromatic heterocycles. The SMILES string of the molecule is Cc1cc(C)c(-n2cc(C=O)c(C(=O)O)n2)c(Cl)c1. The molecule has 6 heteroatoms. The van der Waals surface area contributed by atoms with E-state index in [2.05, 4.69) is 5.10 Å². The lowest BCUT2D eigenvalue weighted by molar-refractivity contribution is 0.0687. The van der Waals surface area contributed by atoms with E-state index in [1.54, 1.807) is 6.07 Å². The van der Waals surface area contributed by atoms with Crippen molar-refractivity contribution in [3.8, 4) is 5.69 Å².